The Morgan fingerprint density at radius 2 is 2.21 bits per heavy atom. The minimum atomic E-state index is 0.104. The summed E-state index contributed by atoms with van der Waals surface area (Å²) in [6.07, 6.45) is 3.33. The molecule has 0 radical (unpaired) electrons. The van der Waals surface area contributed by atoms with Gasteiger partial charge in [0, 0.05) is 11.9 Å². The van der Waals surface area contributed by atoms with Crippen molar-refractivity contribution in [3.63, 3.8) is 0 Å². The molecule has 0 saturated heterocycles. The second-order valence-electron chi connectivity index (χ2n) is 4.01. The van der Waals surface area contributed by atoms with E-state index in [4.69, 9.17) is 17.6 Å². The van der Waals surface area contributed by atoms with Gasteiger partial charge in [0.1, 0.15) is 0 Å². The van der Waals surface area contributed by atoms with E-state index in [2.05, 4.69) is 20.7 Å². The van der Waals surface area contributed by atoms with Crippen LogP contribution in [0.5, 0.6) is 0 Å². The highest BCUT2D eigenvalue weighted by molar-refractivity contribution is 7.80. The van der Waals surface area contributed by atoms with Crippen LogP contribution in [0.25, 0.3) is 0 Å². The van der Waals surface area contributed by atoms with Gasteiger partial charge in [0.15, 0.2) is 5.11 Å². The van der Waals surface area contributed by atoms with Gasteiger partial charge in [0.05, 0.1) is 17.6 Å². The van der Waals surface area contributed by atoms with E-state index in [1.54, 1.807) is 18.5 Å². The average molecular weight is 274 g/mol. The van der Waals surface area contributed by atoms with Crippen LogP contribution in [0.1, 0.15) is 11.4 Å². The van der Waals surface area contributed by atoms with Crippen LogP contribution < -0.4 is 10.6 Å². The molecule has 6 nitrogen and oxygen atoms in total. The molecule has 98 valence electrons. The molecule has 0 aliphatic heterocycles. The minimum Gasteiger partial charge on any atom is -0.331 e. The van der Waals surface area contributed by atoms with Crippen molar-refractivity contribution in [2.24, 2.45) is 0 Å². The van der Waals surface area contributed by atoms with Gasteiger partial charge in [-0.05, 0) is 44.3 Å². The molecule has 7 heteroatoms. The Morgan fingerprint density at radius 3 is 2.79 bits per heavy atom. The zero-order valence-electron chi connectivity index (χ0n) is 10.6. The molecule has 0 atom stereocenters. The largest absolute Gasteiger partial charge is 0.331 e. The van der Waals surface area contributed by atoms with Gasteiger partial charge in [-0.2, -0.15) is 5.10 Å². The van der Waals surface area contributed by atoms with Crippen LogP contribution >= 0.6 is 12.2 Å². The first-order chi connectivity index (χ1) is 9.06. The molecule has 0 aliphatic rings. The van der Waals surface area contributed by atoms with Crippen molar-refractivity contribution in [3.8, 4) is 0 Å². The zero-order chi connectivity index (χ0) is 13.8. The third kappa shape index (κ3) is 3.35. The summed E-state index contributed by atoms with van der Waals surface area (Å²) in [5.74, 6) is 0.104. The first-order valence-electron chi connectivity index (χ1n) is 5.66. The van der Waals surface area contributed by atoms with Gasteiger partial charge in [-0.25, -0.2) is 4.68 Å². The lowest BCUT2D eigenvalue weighted by atomic mass is 10.4. The SMILES string of the molecule is Cc1cc(C)n(C(=N)NC(=S)Nc2cccnc2)n1. The summed E-state index contributed by atoms with van der Waals surface area (Å²) in [7, 11) is 0. The van der Waals surface area contributed by atoms with Gasteiger partial charge in [-0.15, -0.1) is 0 Å². The highest BCUT2D eigenvalue weighted by atomic mass is 32.1. The molecule has 2 rings (SSSR count). The van der Waals surface area contributed by atoms with E-state index in [0.717, 1.165) is 17.1 Å². The number of hydrogen-bond donors (Lipinski definition) is 3. The molecule has 2 heterocycles. The van der Waals surface area contributed by atoms with Crippen LogP contribution in [0, 0.1) is 19.3 Å². The standard InChI is InChI=1S/C12H14N6S/c1-8-6-9(2)18(17-8)11(13)16-12(19)15-10-4-3-5-14-7-10/h3-7H,1-2H3,(H3,13,15,16,19). The fourth-order valence-corrected chi connectivity index (χ4v) is 1.83. The van der Waals surface area contributed by atoms with Crippen molar-refractivity contribution in [1.29, 1.82) is 5.41 Å². The van der Waals surface area contributed by atoms with Crippen molar-refractivity contribution in [2.75, 3.05) is 5.32 Å². The van der Waals surface area contributed by atoms with Crippen LogP contribution in [0.3, 0.4) is 0 Å². The summed E-state index contributed by atoms with van der Waals surface area (Å²) in [6.45, 7) is 3.76. The lowest BCUT2D eigenvalue weighted by Crippen LogP contribution is -2.38. The predicted molar refractivity (Wildman–Crippen MR) is 78.4 cm³/mol. The van der Waals surface area contributed by atoms with E-state index in [1.165, 1.54) is 4.68 Å². The molecular weight excluding hydrogens is 260 g/mol. The van der Waals surface area contributed by atoms with E-state index < -0.39 is 0 Å². The maximum Gasteiger partial charge on any atom is 0.222 e. The molecule has 19 heavy (non-hydrogen) atoms. The summed E-state index contributed by atoms with van der Waals surface area (Å²) < 4.78 is 1.49. The zero-order valence-corrected chi connectivity index (χ0v) is 11.5. The smallest absolute Gasteiger partial charge is 0.222 e. The Hall–Kier alpha value is -2.28. The Labute approximate surface area is 116 Å². The fraction of sp³-hybridized carbons (Fsp3) is 0.167. The number of aryl methyl sites for hydroxylation is 2. The van der Waals surface area contributed by atoms with E-state index in [1.807, 2.05) is 26.0 Å². The van der Waals surface area contributed by atoms with E-state index >= 15 is 0 Å². The Balaban J connectivity index is 2.00. The Bertz CT molecular complexity index is 604. The second kappa shape index (κ2) is 5.57. The Morgan fingerprint density at radius 1 is 1.42 bits per heavy atom. The van der Waals surface area contributed by atoms with Crippen molar-refractivity contribution in [2.45, 2.75) is 13.8 Å². The van der Waals surface area contributed by atoms with Gasteiger partial charge >= 0.3 is 0 Å². The van der Waals surface area contributed by atoms with Crippen molar-refractivity contribution in [3.05, 3.63) is 42.0 Å². The maximum atomic E-state index is 7.93. The fourth-order valence-electron chi connectivity index (χ4n) is 1.61. The summed E-state index contributed by atoms with van der Waals surface area (Å²) in [5.41, 5.74) is 2.50. The van der Waals surface area contributed by atoms with Crippen molar-refractivity contribution < 1.29 is 0 Å². The number of nitrogens with one attached hydrogen (secondary N) is 3. The average Bonchev–Trinajstić information content (AvgIpc) is 2.69. The predicted octanol–water partition coefficient (Wildman–Crippen LogP) is 1.66. The number of aromatic nitrogens is 3. The lowest BCUT2D eigenvalue weighted by molar-refractivity contribution is 0.848. The van der Waals surface area contributed by atoms with Crippen LogP contribution in [0.4, 0.5) is 5.69 Å². The van der Waals surface area contributed by atoms with Gasteiger partial charge in [-0.1, -0.05) is 0 Å². The third-order valence-electron chi connectivity index (χ3n) is 2.37. The van der Waals surface area contributed by atoms with Crippen molar-refractivity contribution >= 4 is 29.0 Å². The van der Waals surface area contributed by atoms with Crippen LogP contribution in [-0.4, -0.2) is 25.8 Å². The molecule has 0 aliphatic carbocycles. The molecule has 0 fully saturated rings. The number of nitrogens with zero attached hydrogens (tertiary/aromatic N) is 3. The normalized spacial score (nSPS) is 10.0. The number of rotatable bonds is 1. The molecule has 0 unspecified atom stereocenters. The summed E-state index contributed by atoms with van der Waals surface area (Å²) in [6, 6.07) is 5.54. The van der Waals surface area contributed by atoms with Crippen LogP contribution in [0.2, 0.25) is 0 Å². The highest BCUT2D eigenvalue weighted by Gasteiger charge is 2.08. The molecule has 0 amide bonds. The molecule has 0 spiro atoms. The maximum absolute atomic E-state index is 7.93. The summed E-state index contributed by atoms with van der Waals surface area (Å²) >= 11 is 5.13. The van der Waals surface area contributed by atoms with E-state index in [-0.39, 0.29) is 5.96 Å². The molecule has 2 aromatic rings. The second-order valence-corrected chi connectivity index (χ2v) is 4.42. The topological polar surface area (TPSA) is 78.6 Å². The van der Waals surface area contributed by atoms with Crippen LogP contribution in [-0.2, 0) is 0 Å². The van der Waals surface area contributed by atoms with Gasteiger partial charge in [0.2, 0.25) is 5.96 Å². The highest BCUT2D eigenvalue weighted by Crippen LogP contribution is 2.03. The summed E-state index contributed by atoms with van der Waals surface area (Å²) in [4.78, 5) is 3.97. The molecule has 2 aromatic heterocycles. The van der Waals surface area contributed by atoms with Gasteiger partial charge in [-0.3, -0.25) is 10.4 Å². The molecule has 0 saturated carbocycles. The number of anilines is 1. The lowest BCUT2D eigenvalue weighted by Gasteiger charge is -2.11. The monoisotopic (exact) mass is 274 g/mol. The third-order valence-corrected chi connectivity index (χ3v) is 2.58. The number of pyridine rings is 1. The van der Waals surface area contributed by atoms with Gasteiger partial charge < -0.3 is 10.6 Å². The first kappa shape index (κ1) is 13.2. The first-order valence-corrected chi connectivity index (χ1v) is 6.07. The minimum absolute atomic E-state index is 0.104. The van der Waals surface area contributed by atoms with Crippen molar-refractivity contribution in [1.82, 2.24) is 20.1 Å². The number of hydrogen-bond acceptors (Lipinski definition) is 4. The van der Waals surface area contributed by atoms with E-state index in [9.17, 15) is 0 Å². The summed E-state index contributed by atoms with van der Waals surface area (Å²) in [5, 5.41) is 18.2. The molecule has 0 aromatic carbocycles. The molecule has 0 bridgehead atoms. The quantitative estimate of drug-likeness (QED) is 0.419. The van der Waals surface area contributed by atoms with Crippen LogP contribution in [0.15, 0.2) is 30.6 Å². The van der Waals surface area contributed by atoms with Gasteiger partial charge in [0.25, 0.3) is 0 Å². The van der Waals surface area contributed by atoms with E-state index in [0.29, 0.717) is 5.11 Å². The number of thiocarbonyl (C=S) groups is 1. The Kier molecular flexibility index (Phi) is 3.86. The molecular formula is C12H14N6S. The molecule has 3 N–H and O–H groups in total.